The SMILES string of the molecule is O=C1NC2(CO1)CN(C(=O)O)C2CC1CC(Oc2ccc(C(F)(F)F)cc2Cl)C1. The molecular formula is C18H18ClF3N2O5. The zero-order valence-electron chi connectivity index (χ0n) is 15.0. The first-order chi connectivity index (χ1) is 13.6. The third-order valence-corrected chi connectivity index (χ3v) is 6.12. The second kappa shape index (κ2) is 6.86. The molecule has 7 nitrogen and oxygen atoms in total. The van der Waals surface area contributed by atoms with Crippen LogP contribution < -0.4 is 10.1 Å². The number of nitrogens with one attached hydrogen (secondary N) is 1. The fraction of sp³-hybridized carbons (Fsp3) is 0.556. The van der Waals surface area contributed by atoms with Crippen molar-refractivity contribution in [3.8, 4) is 5.75 Å². The van der Waals surface area contributed by atoms with E-state index in [0.717, 1.165) is 12.1 Å². The number of hydrogen-bond acceptors (Lipinski definition) is 4. The summed E-state index contributed by atoms with van der Waals surface area (Å²) in [6.45, 7) is 0.320. The van der Waals surface area contributed by atoms with Crippen molar-refractivity contribution < 1.29 is 37.3 Å². The number of cyclic esters (lactones) is 1. The van der Waals surface area contributed by atoms with Gasteiger partial charge in [0.25, 0.3) is 0 Å². The average Bonchev–Trinajstić information content (AvgIpc) is 2.98. The Kier molecular flexibility index (Phi) is 4.71. The molecule has 1 saturated carbocycles. The van der Waals surface area contributed by atoms with Gasteiger partial charge in [-0.3, -0.25) is 0 Å². The second-order valence-corrected chi connectivity index (χ2v) is 8.15. The lowest BCUT2D eigenvalue weighted by atomic mass is 9.70. The summed E-state index contributed by atoms with van der Waals surface area (Å²) in [5, 5.41) is 11.9. The topological polar surface area (TPSA) is 88.1 Å². The van der Waals surface area contributed by atoms with Crippen LogP contribution in [0.1, 0.15) is 24.8 Å². The minimum atomic E-state index is -4.47. The average molecular weight is 435 g/mol. The molecule has 4 rings (SSSR count). The summed E-state index contributed by atoms with van der Waals surface area (Å²) < 4.78 is 48.8. The van der Waals surface area contributed by atoms with Crippen LogP contribution in [0.3, 0.4) is 0 Å². The van der Waals surface area contributed by atoms with E-state index in [1.54, 1.807) is 0 Å². The molecule has 1 aliphatic carbocycles. The second-order valence-electron chi connectivity index (χ2n) is 7.74. The van der Waals surface area contributed by atoms with Crippen molar-refractivity contribution in [3.63, 3.8) is 0 Å². The summed E-state index contributed by atoms with van der Waals surface area (Å²) in [5.41, 5.74) is -1.52. The molecule has 2 atom stereocenters. The molecule has 1 aromatic rings. The van der Waals surface area contributed by atoms with E-state index in [1.807, 2.05) is 0 Å². The Labute approximate surface area is 168 Å². The number of amides is 2. The van der Waals surface area contributed by atoms with E-state index in [-0.39, 0.29) is 42.0 Å². The molecule has 158 valence electrons. The molecule has 11 heteroatoms. The van der Waals surface area contributed by atoms with E-state index >= 15 is 0 Å². The van der Waals surface area contributed by atoms with Crippen molar-refractivity contribution in [2.45, 2.75) is 43.1 Å². The van der Waals surface area contributed by atoms with Gasteiger partial charge >= 0.3 is 18.4 Å². The van der Waals surface area contributed by atoms with Gasteiger partial charge < -0.3 is 24.8 Å². The molecule has 0 radical (unpaired) electrons. The Morgan fingerprint density at radius 1 is 1.41 bits per heavy atom. The fourth-order valence-electron chi connectivity index (χ4n) is 4.22. The van der Waals surface area contributed by atoms with Crippen LogP contribution >= 0.6 is 11.6 Å². The number of hydrogen-bond donors (Lipinski definition) is 2. The number of alkyl halides is 3. The first-order valence-corrected chi connectivity index (χ1v) is 9.43. The van der Waals surface area contributed by atoms with Crippen molar-refractivity contribution in [2.24, 2.45) is 5.92 Å². The van der Waals surface area contributed by atoms with E-state index in [4.69, 9.17) is 21.1 Å². The molecule has 0 bridgehead atoms. The predicted octanol–water partition coefficient (Wildman–Crippen LogP) is 3.75. The molecule has 2 heterocycles. The Bertz CT molecular complexity index is 845. The van der Waals surface area contributed by atoms with Crippen LogP contribution in [0.2, 0.25) is 5.02 Å². The molecule has 2 N–H and O–H groups in total. The van der Waals surface area contributed by atoms with Crippen LogP contribution in [0.5, 0.6) is 5.75 Å². The first-order valence-electron chi connectivity index (χ1n) is 9.05. The first kappa shape index (κ1) is 19.9. The summed E-state index contributed by atoms with van der Waals surface area (Å²) in [7, 11) is 0. The van der Waals surface area contributed by atoms with E-state index in [1.165, 1.54) is 11.0 Å². The zero-order chi connectivity index (χ0) is 21.0. The third kappa shape index (κ3) is 3.65. The zero-order valence-corrected chi connectivity index (χ0v) is 15.8. The van der Waals surface area contributed by atoms with Gasteiger partial charge in [0.05, 0.1) is 29.3 Å². The Hall–Kier alpha value is -2.36. The van der Waals surface area contributed by atoms with Gasteiger partial charge in [-0.15, -0.1) is 0 Å². The lowest BCUT2D eigenvalue weighted by Crippen LogP contribution is -2.76. The van der Waals surface area contributed by atoms with E-state index < -0.39 is 29.5 Å². The summed E-state index contributed by atoms with van der Waals surface area (Å²) >= 11 is 5.91. The summed E-state index contributed by atoms with van der Waals surface area (Å²) in [6.07, 6.45) is -4.51. The van der Waals surface area contributed by atoms with Gasteiger partial charge in [0.1, 0.15) is 17.9 Å². The van der Waals surface area contributed by atoms with Crippen LogP contribution in [0, 0.1) is 5.92 Å². The standard InChI is InChI=1S/C18H18ClF3N2O5/c19-12-6-10(18(20,21)22)1-2-13(12)29-11-3-9(4-11)5-14-17(7-24(14)16(26)27)8-28-15(25)23-17/h1-2,6,9,11,14H,3-5,7-8H2,(H,23,25)(H,26,27). The maximum absolute atomic E-state index is 12.7. The number of carboxylic acid groups (broad SMARTS) is 1. The number of carbonyl (C=O) groups is 2. The maximum atomic E-state index is 12.7. The van der Waals surface area contributed by atoms with Gasteiger partial charge in [0.15, 0.2) is 0 Å². The molecule has 29 heavy (non-hydrogen) atoms. The lowest BCUT2D eigenvalue weighted by Gasteiger charge is -2.54. The maximum Gasteiger partial charge on any atom is 0.416 e. The minimum absolute atomic E-state index is 0.107. The molecule has 1 aromatic carbocycles. The number of rotatable bonds is 4. The highest BCUT2D eigenvalue weighted by atomic mass is 35.5. The number of nitrogens with zero attached hydrogens (tertiary/aromatic N) is 1. The highest BCUT2D eigenvalue weighted by Crippen LogP contribution is 2.43. The minimum Gasteiger partial charge on any atom is -0.489 e. The van der Waals surface area contributed by atoms with Crippen molar-refractivity contribution in [2.75, 3.05) is 13.2 Å². The normalized spacial score (nSPS) is 31.0. The molecular weight excluding hydrogens is 417 g/mol. The molecule has 2 unspecified atom stereocenters. The van der Waals surface area contributed by atoms with Crippen LogP contribution in [0.15, 0.2) is 18.2 Å². The number of carbonyl (C=O) groups excluding carboxylic acids is 1. The number of halogens is 4. The van der Waals surface area contributed by atoms with Crippen LogP contribution in [-0.4, -0.2) is 53.0 Å². The Morgan fingerprint density at radius 2 is 2.14 bits per heavy atom. The highest BCUT2D eigenvalue weighted by molar-refractivity contribution is 6.32. The van der Waals surface area contributed by atoms with Gasteiger partial charge in [0.2, 0.25) is 0 Å². The van der Waals surface area contributed by atoms with Crippen molar-refractivity contribution in [3.05, 3.63) is 28.8 Å². The van der Waals surface area contributed by atoms with E-state index in [0.29, 0.717) is 19.3 Å². The van der Waals surface area contributed by atoms with Crippen molar-refractivity contribution in [1.29, 1.82) is 0 Å². The summed E-state index contributed by atoms with van der Waals surface area (Å²) in [6, 6.07) is 2.57. The number of alkyl carbamates (subject to hydrolysis) is 1. The van der Waals surface area contributed by atoms with Crippen molar-refractivity contribution in [1.82, 2.24) is 10.2 Å². The number of ether oxygens (including phenoxy) is 2. The summed E-state index contributed by atoms with van der Waals surface area (Å²) in [4.78, 5) is 24.1. The Morgan fingerprint density at radius 3 is 2.69 bits per heavy atom. The van der Waals surface area contributed by atoms with E-state index in [2.05, 4.69) is 5.32 Å². The summed E-state index contributed by atoms with van der Waals surface area (Å²) in [5.74, 6) is 0.349. The van der Waals surface area contributed by atoms with Crippen molar-refractivity contribution >= 4 is 23.8 Å². The van der Waals surface area contributed by atoms with Crippen LogP contribution in [-0.2, 0) is 10.9 Å². The van der Waals surface area contributed by atoms with Crippen LogP contribution in [0.25, 0.3) is 0 Å². The number of benzene rings is 1. The quantitative estimate of drug-likeness (QED) is 0.753. The molecule has 1 spiro atoms. The van der Waals surface area contributed by atoms with Crippen LogP contribution in [0.4, 0.5) is 22.8 Å². The molecule has 0 aromatic heterocycles. The molecule has 2 aliphatic heterocycles. The monoisotopic (exact) mass is 434 g/mol. The fourth-order valence-corrected chi connectivity index (χ4v) is 4.45. The van der Waals surface area contributed by atoms with E-state index in [9.17, 15) is 27.9 Å². The van der Waals surface area contributed by atoms with Gasteiger partial charge in [-0.05, 0) is 43.4 Å². The smallest absolute Gasteiger partial charge is 0.416 e. The van der Waals surface area contributed by atoms with Gasteiger partial charge in [0, 0.05) is 0 Å². The number of likely N-dealkylation sites (tertiary alicyclic amines) is 1. The molecule has 3 aliphatic rings. The van der Waals surface area contributed by atoms with Gasteiger partial charge in [-0.1, -0.05) is 11.6 Å². The predicted molar refractivity (Wildman–Crippen MR) is 93.9 cm³/mol. The Balaban J connectivity index is 1.33. The third-order valence-electron chi connectivity index (χ3n) is 5.83. The van der Waals surface area contributed by atoms with Gasteiger partial charge in [-0.2, -0.15) is 13.2 Å². The van der Waals surface area contributed by atoms with Gasteiger partial charge in [-0.25, -0.2) is 9.59 Å². The molecule has 3 fully saturated rings. The molecule has 2 saturated heterocycles. The molecule has 2 amide bonds. The lowest BCUT2D eigenvalue weighted by molar-refractivity contribution is -0.137. The highest BCUT2D eigenvalue weighted by Gasteiger charge is 2.60. The largest absolute Gasteiger partial charge is 0.489 e.